The number of carbonyl (C=O) groups is 2. The van der Waals surface area contributed by atoms with Gasteiger partial charge in [0, 0.05) is 11.8 Å². The summed E-state index contributed by atoms with van der Waals surface area (Å²) in [6, 6.07) is 0. The number of aliphatic hydroxyl groups excluding tert-OH is 12. The molecule has 0 aromatic carbocycles. The summed E-state index contributed by atoms with van der Waals surface area (Å²) in [5, 5.41) is 131. The van der Waals surface area contributed by atoms with Gasteiger partial charge in [0.25, 0.3) is 0 Å². The van der Waals surface area contributed by atoms with Crippen LogP contribution >= 0.6 is 0 Å². The van der Waals surface area contributed by atoms with Crippen molar-refractivity contribution in [3.8, 4) is 0 Å². The number of fused-ring (bicyclic) bond motifs is 4. The normalized spacial score (nSPS) is 54.2. The van der Waals surface area contributed by atoms with Crippen molar-refractivity contribution >= 4 is 11.6 Å². The molecule has 28 unspecified atom stereocenters. The number of ether oxygens (including phenoxy) is 9. The number of rotatable bonds is 13. The lowest BCUT2D eigenvalue weighted by atomic mass is 9.44. The van der Waals surface area contributed by atoms with Gasteiger partial charge in [-0.3, -0.25) is 9.59 Å². The summed E-state index contributed by atoms with van der Waals surface area (Å²) in [5.74, 6) is -0.209. The van der Waals surface area contributed by atoms with Crippen molar-refractivity contribution in [3.63, 3.8) is 0 Å². The van der Waals surface area contributed by atoms with E-state index in [2.05, 4.69) is 20.8 Å². The molecule has 5 saturated heterocycles. The van der Waals surface area contributed by atoms with Gasteiger partial charge in [0.1, 0.15) is 97.2 Å². The summed E-state index contributed by atoms with van der Waals surface area (Å²) in [4.78, 5) is 28.1. The molecule has 0 radical (unpaired) electrons. The molecule has 5 heterocycles. The summed E-state index contributed by atoms with van der Waals surface area (Å²) >= 11 is 0. The molecule has 12 N–H and O–H groups in total. The molecule has 1 spiro atoms. The standard InChI is InChI=1S/C52H82O23/c1-8-25(55)27-15-21(2)52(75-27)19-48(4)13-11-23-24(51(48,7)47(52)66)9-10-30-49(23,5)14-12-31(50(30,6)20-54)72-44-40(65)37(62)35(60)29(71-44)18-68-45-41(33(58)26(56)17-67-45)74-46-42(38(63)34(59)28(16-53)70-46)73-43-39(64)36(61)32(57)22(3)69-43/h21-22,26-46,53-54,56-65H,8-20H2,1-7H3. The van der Waals surface area contributed by atoms with E-state index in [1.54, 1.807) is 0 Å². The lowest BCUT2D eigenvalue weighted by Gasteiger charge is -2.62. The number of hydrogen-bond donors (Lipinski definition) is 12. The van der Waals surface area contributed by atoms with Crippen LogP contribution in [-0.2, 0) is 52.2 Å². The number of ketones is 2. The van der Waals surface area contributed by atoms with E-state index in [1.165, 1.54) is 12.5 Å². The van der Waals surface area contributed by atoms with Gasteiger partial charge in [-0.1, -0.05) is 45.8 Å². The van der Waals surface area contributed by atoms with E-state index in [-0.39, 0.29) is 30.0 Å². The monoisotopic (exact) mass is 1070 g/mol. The van der Waals surface area contributed by atoms with Crippen LogP contribution in [0.5, 0.6) is 0 Å². The third-order valence-electron chi connectivity index (χ3n) is 20.0. The Morgan fingerprint density at radius 2 is 1.31 bits per heavy atom. The highest BCUT2D eigenvalue weighted by Crippen LogP contribution is 2.72. The Balaban J connectivity index is 0.899. The molecule has 9 aliphatic rings. The predicted molar refractivity (Wildman–Crippen MR) is 253 cm³/mol. The van der Waals surface area contributed by atoms with Gasteiger partial charge in [0.05, 0.1) is 44.1 Å². The van der Waals surface area contributed by atoms with Crippen molar-refractivity contribution in [2.45, 2.75) is 241 Å². The van der Waals surface area contributed by atoms with E-state index < -0.39 is 176 Å². The first-order chi connectivity index (χ1) is 35.3. The molecule has 428 valence electrons. The molecule has 5 aliphatic heterocycles. The van der Waals surface area contributed by atoms with Crippen molar-refractivity contribution in [1.29, 1.82) is 0 Å². The molecule has 0 bridgehead atoms. The zero-order chi connectivity index (χ0) is 54.6. The van der Waals surface area contributed by atoms with E-state index in [0.29, 0.717) is 44.9 Å². The molecule has 9 rings (SSSR count). The Morgan fingerprint density at radius 1 is 0.680 bits per heavy atom. The highest BCUT2D eigenvalue weighted by Gasteiger charge is 2.73. The SMILES string of the molecule is CCC(=O)C1CC(C)C2(CC3(C)CCC4=C(CCC5C4(C)CCC(OC4OC(COC6OCC(O)C(O)C6OC6OC(CO)C(O)C(O)C6OC6OC(C)C(O)C(O)C6O)C(O)C(O)C4O)C5(C)CO)C3(C)C2=O)O1. The fourth-order valence-electron chi connectivity index (χ4n) is 15.0. The van der Waals surface area contributed by atoms with E-state index in [0.717, 1.165) is 18.4 Å². The second kappa shape index (κ2) is 21.3. The van der Waals surface area contributed by atoms with Crippen LogP contribution in [0.4, 0.5) is 0 Å². The van der Waals surface area contributed by atoms with Gasteiger partial charge in [-0.15, -0.1) is 0 Å². The smallest absolute Gasteiger partial charge is 0.187 e. The van der Waals surface area contributed by atoms with Crippen molar-refractivity contribution < 1.29 is 113 Å². The average molecular weight is 1080 g/mol. The summed E-state index contributed by atoms with van der Waals surface area (Å²) in [6.07, 6.45) is -28.1. The van der Waals surface area contributed by atoms with Crippen LogP contribution in [0.15, 0.2) is 11.1 Å². The van der Waals surface area contributed by atoms with Crippen LogP contribution < -0.4 is 0 Å². The average Bonchev–Trinajstić information content (AvgIpc) is 3.95. The molecule has 23 heteroatoms. The van der Waals surface area contributed by atoms with E-state index in [9.17, 15) is 66.1 Å². The summed E-state index contributed by atoms with van der Waals surface area (Å²) < 4.78 is 54.2. The summed E-state index contributed by atoms with van der Waals surface area (Å²) in [7, 11) is 0. The fraction of sp³-hybridized carbons (Fsp3) is 0.923. The minimum Gasteiger partial charge on any atom is -0.396 e. The minimum absolute atomic E-state index is 0.0103. The number of Topliss-reactive ketones (excluding diaryl/α,β-unsaturated/α-hetero) is 2. The first kappa shape index (κ1) is 57.9. The third-order valence-corrected chi connectivity index (χ3v) is 20.0. The lowest BCUT2D eigenvalue weighted by Crippen LogP contribution is -2.66. The van der Waals surface area contributed by atoms with Crippen LogP contribution in [0.25, 0.3) is 0 Å². The molecule has 28 atom stereocenters. The molecular formula is C52H82O23. The molecule has 0 aromatic heterocycles. The Bertz CT molecular complexity index is 2120. The zero-order valence-corrected chi connectivity index (χ0v) is 43.8. The Morgan fingerprint density at radius 3 is 1.97 bits per heavy atom. The predicted octanol–water partition coefficient (Wildman–Crippen LogP) is -2.26. The van der Waals surface area contributed by atoms with Gasteiger partial charge in [0.15, 0.2) is 36.7 Å². The summed E-state index contributed by atoms with van der Waals surface area (Å²) in [5.41, 5.74) is -1.29. The molecule has 2 saturated carbocycles. The largest absolute Gasteiger partial charge is 0.396 e. The second-order valence-electron chi connectivity index (χ2n) is 24.1. The highest BCUT2D eigenvalue weighted by atomic mass is 16.8. The van der Waals surface area contributed by atoms with Crippen molar-refractivity contribution in [2.24, 2.45) is 33.5 Å². The molecular weight excluding hydrogens is 993 g/mol. The molecule has 75 heavy (non-hydrogen) atoms. The Labute approximate surface area is 435 Å². The molecule has 7 fully saturated rings. The second-order valence-corrected chi connectivity index (χ2v) is 24.1. The molecule has 23 nitrogen and oxygen atoms in total. The van der Waals surface area contributed by atoms with Crippen molar-refractivity contribution in [3.05, 3.63) is 11.1 Å². The third kappa shape index (κ3) is 9.25. The molecule has 0 aromatic rings. The van der Waals surface area contributed by atoms with Gasteiger partial charge >= 0.3 is 0 Å². The highest BCUT2D eigenvalue weighted by molar-refractivity contribution is 6.00. The maximum Gasteiger partial charge on any atom is 0.187 e. The maximum atomic E-state index is 15.1. The van der Waals surface area contributed by atoms with Crippen LogP contribution in [0.1, 0.15) is 106 Å². The lowest BCUT2D eigenvalue weighted by molar-refractivity contribution is -0.390. The Hall–Kier alpha value is -1.76. The van der Waals surface area contributed by atoms with Gasteiger partial charge in [-0.2, -0.15) is 0 Å². The number of hydrogen-bond acceptors (Lipinski definition) is 23. The molecule has 0 amide bonds. The van der Waals surface area contributed by atoms with Crippen molar-refractivity contribution in [1.82, 2.24) is 0 Å². The van der Waals surface area contributed by atoms with Gasteiger partial charge in [-0.25, -0.2) is 0 Å². The van der Waals surface area contributed by atoms with E-state index in [4.69, 9.17) is 42.6 Å². The first-order valence-corrected chi connectivity index (χ1v) is 26.9. The topological polar surface area (TPSA) is 360 Å². The van der Waals surface area contributed by atoms with E-state index >= 15 is 4.79 Å². The number of aliphatic hydroxyl groups is 12. The maximum absolute atomic E-state index is 15.1. The van der Waals surface area contributed by atoms with Gasteiger partial charge < -0.3 is 104 Å². The van der Waals surface area contributed by atoms with Crippen LogP contribution in [0, 0.1) is 33.5 Å². The van der Waals surface area contributed by atoms with Crippen molar-refractivity contribution in [2.75, 3.05) is 26.4 Å². The van der Waals surface area contributed by atoms with E-state index in [1.807, 2.05) is 20.8 Å². The zero-order valence-electron chi connectivity index (χ0n) is 43.8. The number of allylic oxidation sites excluding steroid dienone is 2. The first-order valence-electron chi connectivity index (χ1n) is 26.9. The van der Waals surface area contributed by atoms with Crippen LogP contribution in [0.3, 0.4) is 0 Å². The van der Waals surface area contributed by atoms with Crippen LogP contribution in [-0.4, -0.2) is 234 Å². The Kier molecular flexibility index (Phi) is 16.4. The minimum atomic E-state index is -1.92. The number of carbonyl (C=O) groups excluding carboxylic acids is 2. The van der Waals surface area contributed by atoms with Crippen LogP contribution in [0.2, 0.25) is 0 Å². The fourth-order valence-corrected chi connectivity index (χ4v) is 15.0. The van der Waals surface area contributed by atoms with Gasteiger partial charge in [-0.05, 0) is 87.9 Å². The van der Waals surface area contributed by atoms with Gasteiger partial charge in [0.2, 0.25) is 0 Å². The quantitative estimate of drug-likeness (QED) is 0.0866. The summed E-state index contributed by atoms with van der Waals surface area (Å²) in [6.45, 7) is 11.4. The molecule has 4 aliphatic carbocycles.